The van der Waals surface area contributed by atoms with E-state index in [2.05, 4.69) is 41.4 Å². The van der Waals surface area contributed by atoms with Crippen LogP contribution in [0, 0.1) is 0 Å². The van der Waals surface area contributed by atoms with Crippen molar-refractivity contribution in [3.63, 3.8) is 0 Å². The first-order valence-electron chi connectivity index (χ1n) is 13.8. The van der Waals surface area contributed by atoms with E-state index < -0.39 is 10.0 Å². The Labute approximate surface area is 242 Å². The minimum Gasteiger partial charge on any atom is -0.347 e. The van der Waals surface area contributed by atoms with Crippen LogP contribution in [0.1, 0.15) is 66.2 Å². The maximum atomic E-state index is 13.4. The van der Waals surface area contributed by atoms with Crippen molar-refractivity contribution in [1.29, 1.82) is 0 Å². The summed E-state index contributed by atoms with van der Waals surface area (Å²) in [5.41, 5.74) is 1.82. The zero-order valence-electron chi connectivity index (χ0n) is 22.5. The highest BCUT2D eigenvalue weighted by atomic mass is 35.5. The van der Waals surface area contributed by atoms with Crippen LogP contribution in [0.2, 0.25) is 5.02 Å². The van der Waals surface area contributed by atoms with Gasteiger partial charge in [-0.25, -0.2) is 8.42 Å². The fourth-order valence-electron chi connectivity index (χ4n) is 4.99. The molecule has 0 radical (unpaired) electrons. The van der Waals surface area contributed by atoms with Gasteiger partial charge in [0.25, 0.3) is 15.9 Å². The molecule has 0 aliphatic carbocycles. The zero-order chi connectivity index (χ0) is 27.7. The summed E-state index contributed by atoms with van der Waals surface area (Å²) in [6.45, 7) is 5.49. The number of amides is 1. The van der Waals surface area contributed by atoms with Crippen molar-refractivity contribution in [1.82, 2.24) is 14.5 Å². The first kappa shape index (κ1) is 29.7. The van der Waals surface area contributed by atoms with Crippen LogP contribution in [-0.2, 0) is 23.1 Å². The van der Waals surface area contributed by atoms with Gasteiger partial charge in [0.1, 0.15) is 4.21 Å². The molecule has 2 heterocycles. The van der Waals surface area contributed by atoms with E-state index in [0.717, 1.165) is 30.8 Å². The number of piperidine rings is 1. The lowest BCUT2D eigenvalue weighted by molar-refractivity contribution is 0.0951. The van der Waals surface area contributed by atoms with Crippen molar-refractivity contribution in [2.45, 2.75) is 68.8 Å². The third-order valence-electron chi connectivity index (χ3n) is 7.23. The third kappa shape index (κ3) is 8.38. The molecule has 0 atom stereocenters. The minimum absolute atomic E-state index is 0.221. The second-order valence-electron chi connectivity index (χ2n) is 10.1. The topological polar surface area (TPSA) is 69.7 Å². The lowest BCUT2D eigenvalue weighted by Crippen LogP contribution is -2.46. The van der Waals surface area contributed by atoms with Crippen molar-refractivity contribution in [2.75, 3.05) is 19.6 Å². The zero-order valence-corrected chi connectivity index (χ0v) is 24.9. The number of nitrogens with zero attached hydrogens (tertiary/aromatic N) is 2. The van der Waals surface area contributed by atoms with Crippen LogP contribution in [0.5, 0.6) is 0 Å². The first-order chi connectivity index (χ1) is 18.9. The van der Waals surface area contributed by atoms with Gasteiger partial charge in [-0.3, -0.25) is 9.69 Å². The Morgan fingerprint density at radius 2 is 1.72 bits per heavy atom. The molecule has 0 bridgehead atoms. The number of thiophene rings is 1. The maximum absolute atomic E-state index is 13.4. The maximum Gasteiger partial charge on any atom is 0.252 e. The Bertz CT molecular complexity index is 1290. The summed E-state index contributed by atoms with van der Waals surface area (Å²) < 4.78 is 28.8. The summed E-state index contributed by atoms with van der Waals surface area (Å²) in [4.78, 5) is 15.8. The summed E-state index contributed by atoms with van der Waals surface area (Å²) in [7, 11) is -3.56. The number of hydrogen-bond donors (Lipinski definition) is 1. The molecular weight excluding hydrogens is 550 g/mol. The quantitative estimate of drug-likeness (QED) is 0.230. The van der Waals surface area contributed by atoms with E-state index in [0.29, 0.717) is 33.9 Å². The van der Waals surface area contributed by atoms with Crippen molar-refractivity contribution in [3.8, 4) is 0 Å². The van der Waals surface area contributed by atoms with Gasteiger partial charge in [-0.05, 0) is 67.8 Å². The van der Waals surface area contributed by atoms with Crippen molar-refractivity contribution >= 4 is 38.9 Å². The number of unbranched alkanes of at least 4 members (excludes halogenated alkanes) is 3. The van der Waals surface area contributed by atoms with Crippen LogP contribution in [-0.4, -0.2) is 49.2 Å². The SMILES string of the molecule is CCCCCCN(Cc1ccccc1)C1CCN(S(=O)(=O)c2ccc(CNC(=O)c3ccc(Cl)cc3)s2)CC1. The third-order valence-corrected chi connectivity index (χ3v) is 10.9. The number of carbonyl (C=O) groups excluding carboxylic acids is 1. The average Bonchev–Trinajstić information content (AvgIpc) is 3.45. The highest BCUT2D eigenvalue weighted by Gasteiger charge is 2.32. The van der Waals surface area contributed by atoms with Crippen molar-refractivity contribution < 1.29 is 13.2 Å². The Morgan fingerprint density at radius 1 is 1.00 bits per heavy atom. The van der Waals surface area contributed by atoms with Crippen molar-refractivity contribution in [2.24, 2.45) is 0 Å². The van der Waals surface area contributed by atoms with Crippen molar-refractivity contribution in [3.05, 3.63) is 87.8 Å². The van der Waals surface area contributed by atoms with Gasteiger partial charge in [0, 0.05) is 41.1 Å². The fourth-order valence-corrected chi connectivity index (χ4v) is 8.03. The molecule has 1 saturated heterocycles. The van der Waals surface area contributed by atoms with Crippen LogP contribution in [0.15, 0.2) is 70.9 Å². The summed E-state index contributed by atoms with van der Waals surface area (Å²) in [5.74, 6) is -0.221. The molecular formula is C30H38ClN3O3S2. The van der Waals surface area contributed by atoms with E-state index in [-0.39, 0.29) is 12.5 Å². The van der Waals surface area contributed by atoms with E-state index in [9.17, 15) is 13.2 Å². The molecule has 3 aromatic rings. The monoisotopic (exact) mass is 587 g/mol. The van der Waals surface area contributed by atoms with Crippen LogP contribution >= 0.6 is 22.9 Å². The largest absolute Gasteiger partial charge is 0.347 e. The second-order valence-corrected chi connectivity index (χ2v) is 13.8. The van der Waals surface area contributed by atoms with Gasteiger partial charge in [-0.2, -0.15) is 4.31 Å². The first-order valence-corrected chi connectivity index (χ1v) is 16.4. The van der Waals surface area contributed by atoms with Gasteiger partial charge in [0.15, 0.2) is 0 Å². The van der Waals surface area contributed by atoms with Crippen LogP contribution in [0.25, 0.3) is 0 Å². The van der Waals surface area contributed by atoms with Gasteiger partial charge in [0.05, 0.1) is 6.54 Å². The number of carbonyl (C=O) groups is 1. The Hall–Kier alpha value is -2.23. The minimum atomic E-state index is -3.56. The van der Waals surface area contributed by atoms with Gasteiger partial charge in [0.2, 0.25) is 0 Å². The standard InChI is InChI=1S/C30H38ClN3O3S2/c1-2-3-4-8-19-33(23-24-9-6-5-7-10-24)27-17-20-34(21-18-27)39(36,37)29-16-15-28(38-29)22-32-30(35)25-11-13-26(31)14-12-25/h5-7,9-16,27H,2-4,8,17-23H2,1H3,(H,32,35). The van der Waals surface area contributed by atoms with Gasteiger partial charge in [-0.1, -0.05) is 68.1 Å². The number of halogens is 1. The molecule has 0 saturated carbocycles. The summed E-state index contributed by atoms with van der Waals surface area (Å²) in [5, 5.41) is 3.43. The van der Waals surface area contributed by atoms with Gasteiger partial charge >= 0.3 is 0 Å². The Kier molecular flexibility index (Phi) is 11.0. The number of rotatable bonds is 13. The van der Waals surface area contributed by atoms with E-state index in [1.807, 2.05) is 6.07 Å². The van der Waals surface area contributed by atoms with E-state index in [1.54, 1.807) is 40.7 Å². The number of nitrogens with one attached hydrogen (secondary N) is 1. The molecule has 1 aliphatic heterocycles. The van der Waals surface area contributed by atoms with Crippen LogP contribution < -0.4 is 5.32 Å². The molecule has 1 aliphatic rings. The number of hydrogen-bond acceptors (Lipinski definition) is 5. The molecule has 39 heavy (non-hydrogen) atoms. The predicted octanol–water partition coefficient (Wildman–Crippen LogP) is 6.57. The lowest BCUT2D eigenvalue weighted by atomic mass is 10.0. The molecule has 0 unspecified atom stereocenters. The molecule has 2 aromatic carbocycles. The summed E-state index contributed by atoms with van der Waals surface area (Å²) in [6.07, 6.45) is 6.53. The molecule has 0 spiro atoms. The Balaban J connectivity index is 1.33. The fraction of sp³-hybridized carbons (Fsp3) is 0.433. The average molecular weight is 588 g/mol. The lowest BCUT2D eigenvalue weighted by Gasteiger charge is -2.38. The summed E-state index contributed by atoms with van der Waals surface area (Å²) >= 11 is 7.11. The molecule has 1 fully saturated rings. The number of sulfonamides is 1. The molecule has 1 N–H and O–H groups in total. The normalized spacial score (nSPS) is 15.1. The molecule has 1 amide bonds. The molecule has 6 nitrogen and oxygen atoms in total. The van der Waals surface area contributed by atoms with E-state index >= 15 is 0 Å². The number of benzene rings is 2. The smallest absolute Gasteiger partial charge is 0.252 e. The van der Waals surface area contributed by atoms with E-state index in [1.165, 1.54) is 42.6 Å². The highest BCUT2D eigenvalue weighted by Crippen LogP contribution is 2.29. The van der Waals surface area contributed by atoms with E-state index in [4.69, 9.17) is 11.6 Å². The second kappa shape index (κ2) is 14.4. The molecule has 210 valence electrons. The van der Waals surface area contributed by atoms with Crippen LogP contribution in [0.4, 0.5) is 0 Å². The van der Waals surface area contributed by atoms with Gasteiger partial charge in [-0.15, -0.1) is 11.3 Å². The predicted molar refractivity (Wildman–Crippen MR) is 160 cm³/mol. The summed E-state index contributed by atoms with van der Waals surface area (Å²) in [6, 6.07) is 21.0. The van der Waals surface area contributed by atoms with Gasteiger partial charge < -0.3 is 5.32 Å². The molecule has 9 heteroatoms. The Morgan fingerprint density at radius 3 is 2.41 bits per heavy atom. The molecule has 1 aromatic heterocycles. The van der Waals surface area contributed by atoms with Crippen LogP contribution in [0.3, 0.4) is 0 Å². The molecule has 4 rings (SSSR count). The highest BCUT2D eigenvalue weighted by molar-refractivity contribution is 7.91.